The first-order chi connectivity index (χ1) is 7.70. The maximum Gasteiger partial charge on any atom is 0.331 e. The molecule has 0 aromatic rings. The Labute approximate surface area is 96.4 Å². The molecule has 0 radical (unpaired) electrons. The topological polar surface area (TPSA) is 37.3 Å². The summed E-state index contributed by atoms with van der Waals surface area (Å²) in [6, 6.07) is 0. The Morgan fingerprint density at radius 3 is 1.94 bits per heavy atom. The van der Waals surface area contributed by atoms with Gasteiger partial charge >= 0.3 is 5.97 Å². The molecule has 0 saturated heterocycles. The van der Waals surface area contributed by atoms with Gasteiger partial charge in [-0.15, -0.1) is 0 Å². The molecule has 2 aliphatic rings. The van der Waals surface area contributed by atoms with E-state index in [4.69, 9.17) is 5.11 Å². The minimum absolute atomic E-state index is 0.515. The van der Waals surface area contributed by atoms with Gasteiger partial charge in [0.25, 0.3) is 0 Å². The van der Waals surface area contributed by atoms with E-state index in [0.29, 0.717) is 5.57 Å². The second kappa shape index (κ2) is 4.69. The fourth-order valence-electron chi connectivity index (χ4n) is 2.59. The van der Waals surface area contributed by atoms with Gasteiger partial charge in [0, 0.05) is 5.57 Å². The SMILES string of the molecule is CC(C(=O)O)=C(C1=CCCC1)C1=CCCC1. The largest absolute Gasteiger partial charge is 0.478 e. The van der Waals surface area contributed by atoms with Gasteiger partial charge in [-0.25, -0.2) is 4.79 Å². The quantitative estimate of drug-likeness (QED) is 0.735. The average molecular weight is 218 g/mol. The van der Waals surface area contributed by atoms with Crippen LogP contribution in [0.25, 0.3) is 0 Å². The number of hydrogen-bond donors (Lipinski definition) is 1. The Morgan fingerprint density at radius 1 is 1.12 bits per heavy atom. The van der Waals surface area contributed by atoms with Crippen molar-refractivity contribution in [1.82, 2.24) is 0 Å². The number of carboxylic acid groups (broad SMARTS) is 1. The number of rotatable bonds is 3. The summed E-state index contributed by atoms with van der Waals surface area (Å²) >= 11 is 0. The molecule has 2 heteroatoms. The van der Waals surface area contributed by atoms with Crippen LogP contribution in [0.15, 0.2) is 34.4 Å². The third-order valence-electron chi connectivity index (χ3n) is 3.42. The molecule has 0 aromatic carbocycles. The predicted octanol–water partition coefficient (Wildman–Crippen LogP) is 3.61. The van der Waals surface area contributed by atoms with Gasteiger partial charge in [0.1, 0.15) is 0 Å². The summed E-state index contributed by atoms with van der Waals surface area (Å²) in [5.74, 6) is -0.782. The fourth-order valence-corrected chi connectivity index (χ4v) is 2.59. The zero-order chi connectivity index (χ0) is 11.5. The Hall–Kier alpha value is -1.31. The van der Waals surface area contributed by atoms with E-state index < -0.39 is 5.97 Å². The molecule has 0 unspecified atom stereocenters. The summed E-state index contributed by atoms with van der Waals surface area (Å²) in [7, 11) is 0. The van der Waals surface area contributed by atoms with Crippen molar-refractivity contribution in [3.8, 4) is 0 Å². The van der Waals surface area contributed by atoms with E-state index in [0.717, 1.165) is 31.3 Å². The average Bonchev–Trinajstić information content (AvgIpc) is 2.89. The lowest BCUT2D eigenvalue weighted by molar-refractivity contribution is -0.132. The summed E-state index contributed by atoms with van der Waals surface area (Å²) in [5.41, 5.74) is 4.06. The first-order valence-corrected chi connectivity index (χ1v) is 6.03. The van der Waals surface area contributed by atoms with E-state index in [1.165, 1.54) is 24.0 Å². The smallest absolute Gasteiger partial charge is 0.331 e. The molecule has 2 aliphatic carbocycles. The second-order valence-corrected chi connectivity index (χ2v) is 4.55. The van der Waals surface area contributed by atoms with Crippen LogP contribution in [0.5, 0.6) is 0 Å². The van der Waals surface area contributed by atoms with Gasteiger partial charge in [0.05, 0.1) is 0 Å². The molecule has 0 fully saturated rings. The van der Waals surface area contributed by atoms with E-state index in [1.807, 2.05) is 0 Å². The van der Waals surface area contributed by atoms with Gasteiger partial charge in [-0.1, -0.05) is 12.2 Å². The van der Waals surface area contributed by atoms with Crippen molar-refractivity contribution >= 4 is 5.97 Å². The van der Waals surface area contributed by atoms with E-state index in [1.54, 1.807) is 6.92 Å². The first-order valence-electron chi connectivity index (χ1n) is 6.03. The minimum Gasteiger partial charge on any atom is -0.478 e. The number of allylic oxidation sites excluding steroid dienone is 5. The molecule has 86 valence electrons. The summed E-state index contributed by atoms with van der Waals surface area (Å²) in [4.78, 5) is 11.1. The Balaban J connectivity index is 2.40. The molecule has 2 rings (SSSR count). The van der Waals surface area contributed by atoms with Gasteiger partial charge < -0.3 is 5.11 Å². The molecule has 0 aliphatic heterocycles. The Bertz CT molecular complexity index is 371. The van der Waals surface area contributed by atoms with Crippen LogP contribution in [0.2, 0.25) is 0 Å². The van der Waals surface area contributed by atoms with Crippen molar-refractivity contribution in [2.45, 2.75) is 45.4 Å². The minimum atomic E-state index is -0.782. The van der Waals surface area contributed by atoms with Crippen molar-refractivity contribution in [2.75, 3.05) is 0 Å². The lowest BCUT2D eigenvalue weighted by Crippen LogP contribution is -2.04. The van der Waals surface area contributed by atoms with E-state index in [2.05, 4.69) is 12.2 Å². The van der Waals surface area contributed by atoms with Crippen LogP contribution < -0.4 is 0 Å². The van der Waals surface area contributed by atoms with Gasteiger partial charge in [-0.2, -0.15) is 0 Å². The molecule has 0 atom stereocenters. The fraction of sp³-hybridized carbons (Fsp3) is 0.500. The Morgan fingerprint density at radius 2 is 1.62 bits per heavy atom. The molecule has 0 heterocycles. The molecule has 0 spiro atoms. The Kier molecular flexibility index (Phi) is 3.28. The van der Waals surface area contributed by atoms with Crippen molar-refractivity contribution in [3.63, 3.8) is 0 Å². The zero-order valence-electron chi connectivity index (χ0n) is 9.75. The standard InChI is InChI=1S/C14H18O2/c1-10(14(15)16)13(11-6-2-3-7-11)12-8-4-5-9-12/h6,8H,2-5,7,9H2,1H3,(H,15,16). The van der Waals surface area contributed by atoms with Crippen LogP contribution in [0.4, 0.5) is 0 Å². The molecule has 1 N–H and O–H groups in total. The van der Waals surface area contributed by atoms with E-state index in [9.17, 15) is 4.79 Å². The number of hydrogen-bond acceptors (Lipinski definition) is 1. The summed E-state index contributed by atoms with van der Waals surface area (Å²) in [5, 5.41) is 9.16. The van der Waals surface area contributed by atoms with Crippen LogP contribution in [-0.4, -0.2) is 11.1 Å². The molecule has 0 aromatic heterocycles. The number of carboxylic acids is 1. The summed E-state index contributed by atoms with van der Waals surface area (Å²) in [6.07, 6.45) is 11.0. The highest BCUT2D eigenvalue weighted by atomic mass is 16.4. The molecule has 0 amide bonds. The third-order valence-corrected chi connectivity index (χ3v) is 3.42. The van der Waals surface area contributed by atoms with Crippen LogP contribution in [0, 0.1) is 0 Å². The number of carbonyl (C=O) groups is 1. The molecule has 16 heavy (non-hydrogen) atoms. The molecular formula is C14H18O2. The predicted molar refractivity (Wildman–Crippen MR) is 64.2 cm³/mol. The number of aliphatic carboxylic acids is 1. The zero-order valence-corrected chi connectivity index (χ0v) is 9.75. The maximum atomic E-state index is 11.1. The highest BCUT2D eigenvalue weighted by molar-refractivity contribution is 5.89. The van der Waals surface area contributed by atoms with E-state index >= 15 is 0 Å². The van der Waals surface area contributed by atoms with Crippen molar-refractivity contribution < 1.29 is 9.90 Å². The van der Waals surface area contributed by atoms with Crippen molar-refractivity contribution in [2.24, 2.45) is 0 Å². The first kappa shape index (κ1) is 11.2. The highest BCUT2D eigenvalue weighted by Gasteiger charge is 2.21. The lowest BCUT2D eigenvalue weighted by atomic mass is 9.92. The lowest BCUT2D eigenvalue weighted by Gasteiger charge is -2.12. The van der Waals surface area contributed by atoms with Gasteiger partial charge in [0.2, 0.25) is 0 Å². The van der Waals surface area contributed by atoms with Crippen molar-refractivity contribution in [3.05, 3.63) is 34.4 Å². The van der Waals surface area contributed by atoms with Crippen LogP contribution in [-0.2, 0) is 4.79 Å². The van der Waals surface area contributed by atoms with Crippen molar-refractivity contribution in [1.29, 1.82) is 0 Å². The van der Waals surface area contributed by atoms with Gasteiger partial charge in [0.15, 0.2) is 0 Å². The maximum absolute atomic E-state index is 11.1. The molecule has 2 nitrogen and oxygen atoms in total. The molecular weight excluding hydrogens is 200 g/mol. The van der Waals surface area contributed by atoms with Gasteiger partial charge in [-0.3, -0.25) is 0 Å². The van der Waals surface area contributed by atoms with Crippen LogP contribution in [0.1, 0.15) is 45.4 Å². The third kappa shape index (κ3) is 2.11. The monoisotopic (exact) mass is 218 g/mol. The molecule has 0 saturated carbocycles. The van der Waals surface area contributed by atoms with Gasteiger partial charge in [-0.05, 0) is 62.2 Å². The van der Waals surface area contributed by atoms with Crippen LogP contribution in [0.3, 0.4) is 0 Å². The summed E-state index contributed by atoms with van der Waals surface area (Å²) in [6.45, 7) is 1.73. The molecule has 0 bridgehead atoms. The second-order valence-electron chi connectivity index (χ2n) is 4.55. The highest BCUT2D eigenvalue weighted by Crippen LogP contribution is 2.36. The van der Waals surface area contributed by atoms with E-state index in [-0.39, 0.29) is 0 Å². The summed E-state index contributed by atoms with van der Waals surface area (Å²) < 4.78 is 0. The van der Waals surface area contributed by atoms with Crippen LogP contribution >= 0.6 is 0 Å². The normalized spacial score (nSPS) is 19.3.